The predicted octanol–water partition coefficient (Wildman–Crippen LogP) is 1.26. The van der Waals surface area contributed by atoms with Crippen LogP contribution in [0, 0.1) is 11.3 Å². The van der Waals surface area contributed by atoms with Crippen LogP contribution in [0.3, 0.4) is 0 Å². The summed E-state index contributed by atoms with van der Waals surface area (Å²) in [5.41, 5.74) is 3.51. The van der Waals surface area contributed by atoms with Crippen molar-refractivity contribution in [2.75, 3.05) is 12.8 Å². The second-order valence-corrected chi connectivity index (χ2v) is 2.76. The van der Waals surface area contributed by atoms with Gasteiger partial charge in [0.25, 0.3) is 6.43 Å². The monoisotopic (exact) mass is 227 g/mol. The van der Waals surface area contributed by atoms with E-state index in [2.05, 4.69) is 9.72 Å². The van der Waals surface area contributed by atoms with Crippen molar-refractivity contribution < 1.29 is 18.3 Å². The van der Waals surface area contributed by atoms with Crippen molar-refractivity contribution in [3.8, 4) is 6.07 Å². The Morgan fingerprint density at radius 1 is 1.69 bits per heavy atom. The molecule has 0 unspecified atom stereocenters. The third kappa shape index (κ3) is 2.06. The van der Waals surface area contributed by atoms with E-state index in [1.807, 2.05) is 0 Å². The molecular weight excluding hydrogens is 220 g/mol. The van der Waals surface area contributed by atoms with Crippen LogP contribution < -0.4 is 5.73 Å². The Labute approximate surface area is 89.4 Å². The van der Waals surface area contributed by atoms with E-state index in [1.165, 1.54) is 0 Å². The number of aromatic nitrogens is 1. The fourth-order valence-electron chi connectivity index (χ4n) is 1.12. The number of methoxy groups -OCH3 is 1. The van der Waals surface area contributed by atoms with E-state index in [0.717, 1.165) is 13.2 Å². The Kier molecular flexibility index (Phi) is 3.35. The average Bonchev–Trinajstić information content (AvgIpc) is 2.26. The van der Waals surface area contributed by atoms with Gasteiger partial charge in [0.1, 0.15) is 23.0 Å². The summed E-state index contributed by atoms with van der Waals surface area (Å²) in [4.78, 5) is 14.5. The Balaban J connectivity index is 3.47. The second-order valence-electron chi connectivity index (χ2n) is 2.76. The number of anilines is 1. The fourth-order valence-corrected chi connectivity index (χ4v) is 1.12. The highest BCUT2D eigenvalue weighted by Crippen LogP contribution is 2.26. The van der Waals surface area contributed by atoms with Crippen LogP contribution in [0.4, 0.5) is 14.5 Å². The highest BCUT2D eigenvalue weighted by atomic mass is 19.3. The highest BCUT2D eigenvalue weighted by molar-refractivity contribution is 5.96. The minimum absolute atomic E-state index is 0.256. The first-order chi connectivity index (χ1) is 7.51. The number of nitrogen functional groups attached to an aromatic ring is 1. The van der Waals surface area contributed by atoms with E-state index in [4.69, 9.17) is 11.0 Å². The number of nitriles is 1. The van der Waals surface area contributed by atoms with Gasteiger partial charge in [-0.2, -0.15) is 5.26 Å². The van der Waals surface area contributed by atoms with Crippen molar-refractivity contribution >= 4 is 11.7 Å². The van der Waals surface area contributed by atoms with Crippen LogP contribution in [-0.4, -0.2) is 18.1 Å². The number of pyridine rings is 1. The van der Waals surface area contributed by atoms with Gasteiger partial charge < -0.3 is 10.5 Å². The van der Waals surface area contributed by atoms with Crippen LogP contribution in [0.25, 0.3) is 0 Å². The molecule has 0 saturated heterocycles. The van der Waals surface area contributed by atoms with Crippen LogP contribution in [0.5, 0.6) is 0 Å². The van der Waals surface area contributed by atoms with Gasteiger partial charge in [-0.25, -0.2) is 18.6 Å². The van der Waals surface area contributed by atoms with Gasteiger partial charge in [0, 0.05) is 0 Å². The molecule has 84 valence electrons. The van der Waals surface area contributed by atoms with Crippen LogP contribution in [-0.2, 0) is 4.74 Å². The number of ether oxygens (including phenoxy) is 1. The first kappa shape index (κ1) is 11.8. The summed E-state index contributed by atoms with van der Waals surface area (Å²) < 4.78 is 29.5. The lowest BCUT2D eigenvalue weighted by Gasteiger charge is -2.09. The molecule has 0 spiro atoms. The number of carbonyl (C=O) groups is 1. The Hall–Kier alpha value is -2.23. The molecule has 0 aliphatic heterocycles. The van der Waals surface area contributed by atoms with Gasteiger partial charge in [-0.15, -0.1) is 0 Å². The number of hydrogen-bond acceptors (Lipinski definition) is 5. The highest BCUT2D eigenvalue weighted by Gasteiger charge is 2.24. The van der Waals surface area contributed by atoms with E-state index < -0.39 is 23.7 Å². The van der Waals surface area contributed by atoms with Gasteiger partial charge in [-0.1, -0.05) is 0 Å². The summed E-state index contributed by atoms with van der Waals surface area (Å²) in [6.45, 7) is 0. The number of nitrogens with zero attached hydrogens (tertiary/aromatic N) is 2. The number of esters is 1. The van der Waals surface area contributed by atoms with E-state index >= 15 is 0 Å². The number of hydrogen-bond donors (Lipinski definition) is 1. The number of halogens is 2. The normalized spacial score (nSPS) is 9.94. The molecule has 16 heavy (non-hydrogen) atoms. The molecule has 1 heterocycles. The molecule has 0 saturated carbocycles. The summed E-state index contributed by atoms with van der Waals surface area (Å²) in [5, 5.41) is 8.53. The summed E-state index contributed by atoms with van der Waals surface area (Å²) in [7, 11) is 1.04. The van der Waals surface area contributed by atoms with Crippen molar-refractivity contribution in [2.45, 2.75) is 6.43 Å². The summed E-state index contributed by atoms with van der Waals surface area (Å²) in [5.74, 6) is -1.01. The molecule has 2 N–H and O–H groups in total. The SMILES string of the molecule is COC(=O)c1c(N)cc(C#N)nc1C(F)F. The Bertz CT molecular complexity index is 469. The lowest BCUT2D eigenvalue weighted by molar-refractivity contribution is 0.0588. The number of carbonyl (C=O) groups excluding carboxylic acids is 1. The van der Waals surface area contributed by atoms with E-state index in [-0.39, 0.29) is 11.4 Å². The van der Waals surface area contributed by atoms with E-state index in [0.29, 0.717) is 0 Å². The minimum Gasteiger partial charge on any atom is -0.465 e. The van der Waals surface area contributed by atoms with Crippen molar-refractivity contribution in [1.82, 2.24) is 4.98 Å². The molecule has 1 aromatic rings. The number of rotatable bonds is 2. The van der Waals surface area contributed by atoms with Gasteiger partial charge in [-0.05, 0) is 6.07 Å². The van der Waals surface area contributed by atoms with Crippen molar-refractivity contribution in [1.29, 1.82) is 5.26 Å². The maximum atomic E-state index is 12.6. The van der Waals surface area contributed by atoms with E-state index in [1.54, 1.807) is 6.07 Å². The number of nitrogens with two attached hydrogens (primary N) is 1. The zero-order valence-electron chi connectivity index (χ0n) is 8.20. The molecule has 0 atom stereocenters. The van der Waals surface area contributed by atoms with Gasteiger partial charge in [0.2, 0.25) is 0 Å². The standard InChI is InChI=1S/C9H7F2N3O2/c1-16-9(15)6-5(13)2-4(3-12)14-7(6)8(10)11/h2,8H,1H3,(H2,13,14). The molecule has 1 rings (SSSR count). The molecular formula is C9H7F2N3O2. The third-order valence-electron chi connectivity index (χ3n) is 1.79. The molecule has 0 radical (unpaired) electrons. The summed E-state index contributed by atoms with van der Waals surface area (Å²) in [6.07, 6.45) is -3.01. The topological polar surface area (TPSA) is 89.0 Å². The average molecular weight is 227 g/mol. The molecule has 1 aromatic heterocycles. The fraction of sp³-hybridized carbons (Fsp3) is 0.222. The Morgan fingerprint density at radius 2 is 2.31 bits per heavy atom. The zero-order chi connectivity index (χ0) is 12.3. The zero-order valence-corrected chi connectivity index (χ0v) is 8.20. The third-order valence-corrected chi connectivity index (χ3v) is 1.79. The van der Waals surface area contributed by atoms with Crippen molar-refractivity contribution in [3.05, 3.63) is 23.0 Å². The Morgan fingerprint density at radius 3 is 2.75 bits per heavy atom. The number of alkyl halides is 2. The van der Waals surface area contributed by atoms with Gasteiger partial charge >= 0.3 is 5.97 Å². The molecule has 0 aliphatic rings. The molecule has 0 aromatic carbocycles. The molecule has 0 aliphatic carbocycles. The maximum Gasteiger partial charge on any atom is 0.342 e. The maximum absolute atomic E-state index is 12.6. The first-order valence-electron chi connectivity index (χ1n) is 4.08. The van der Waals surface area contributed by atoms with Gasteiger partial charge in [-0.3, -0.25) is 0 Å². The first-order valence-corrected chi connectivity index (χ1v) is 4.08. The predicted molar refractivity (Wildman–Crippen MR) is 49.7 cm³/mol. The quantitative estimate of drug-likeness (QED) is 0.768. The van der Waals surface area contributed by atoms with E-state index in [9.17, 15) is 13.6 Å². The van der Waals surface area contributed by atoms with Crippen LogP contribution in [0.2, 0.25) is 0 Å². The lowest BCUT2D eigenvalue weighted by atomic mass is 10.1. The van der Waals surface area contributed by atoms with Crippen LogP contribution >= 0.6 is 0 Å². The van der Waals surface area contributed by atoms with Crippen LogP contribution in [0.1, 0.15) is 28.2 Å². The molecule has 7 heteroatoms. The smallest absolute Gasteiger partial charge is 0.342 e. The molecule has 0 amide bonds. The minimum atomic E-state index is -3.01. The van der Waals surface area contributed by atoms with Crippen molar-refractivity contribution in [2.24, 2.45) is 0 Å². The molecule has 5 nitrogen and oxygen atoms in total. The summed E-state index contributed by atoms with van der Waals surface area (Å²) >= 11 is 0. The van der Waals surface area contributed by atoms with Gasteiger partial charge in [0.05, 0.1) is 12.8 Å². The summed E-state index contributed by atoms with van der Waals surface area (Å²) in [6, 6.07) is 2.61. The molecule has 0 fully saturated rings. The second kappa shape index (κ2) is 4.53. The van der Waals surface area contributed by atoms with Crippen LogP contribution in [0.15, 0.2) is 6.07 Å². The van der Waals surface area contributed by atoms with Crippen molar-refractivity contribution in [3.63, 3.8) is 0 Å². The molecule has 0 bridgehead atoms. The lowest BCUT2D eigenvalue weighted by Crippen LogP contribution is -2.12. The van der Waals surface area contributed by atoms with Gasteiger partial charge in [0.15, 0.2) is 0 Å². The largest absolute Gasteiger partial charge is 0.465 e.